The van der Waals surface area contributed by atoms with Gasteiger partial charge in [-0.1, -0.05) is 6.07 Å². The van der Waals surface area contributed by atoms with Gasteiger partial charge in [0.2, 0.25) is 0 Å². The van der Waals surface area contributed by atoms with Crippen LogP contribution in [0.15, 0.2) is 29.9 Å². The first kappa shape index (κ1) is 23.7. The van der Waals surface area contributed by atoms with Crippen molar-refractivity contribution in [3.63, 3.8) is 0 Å². The highest BCUT2D eigenvalue weighted by molar-refractivity contribution is 7.09. The molecule has 12 heteroatoms. The number of thiophene rings is 1. The van der Waals surface area contributed by atoms with Crippen LogP contribution >= 0.6 is 11.3 Å². The van der Waals surface area contributed by atoms with E-state index < -0.39 is 12.1 Å². The van der Waals surface area contributed by atoms with E-state index in [1.165, 1.54) is 16.1 Å². The minimum atomic E-state index is -5.08. The second-order valence-corrected chi connectivity index (χ2v) is 8.47. The number of anilines is 1. The summed E-state index contributed by atoms with van der Waals surface area (Å²) in [6, 6.07) is 4.32. The molecular weight excluding hydrogens is 445 g/mol. The number of carboxylic acid groups (broad SMARTS) is 1. The van der Waals surface area contributed by atoms with Crippen molar-refractivity contribution in [2.24, 2.45) is 7.05 Å². The molecule has 4 rings (SSSR count). The smallest absolute Gasteiger partial charge is 0.475 e. The first-order valence-electron chi connectivity index (χ1n) is 9.65. The number of hydrogen-bond acceptors (Lipinski definition) is 7. The summed E-state index contributed by atoms with van der Waals surface area (Å²) in [6.45, 7) is 2.92. The van der Waals surface area contributed by atoms with Crippen molar-refractivity contribution < 1.29 is 23.1 Å². The molecule has 0 unspecified atom stereocenters. The molecule has 1 aliphatic heterocycles. The number of rotatable bonds is 4. The third-order valence-corrected chi connectivity index (χ3v) is 5.57. The van der Waals surface area contributed by atoms with E-state index in [9.17, 15) is 13.2 Å². The lowest BCUT2D eigenvalue weighted by atomic mass is 10.1. The lowest BCUT2D eigenvalue weighted by molar-refractivity contribution is -0.192. The molecule has 8 nitrogen and oxygen atoms in total. The van der Waals surface area contributed by atoms with Crippen LogP contribution in [0.25, 0.3) is 11.4 Å². The fourth-order valence-corrected chi connectivity index (χ4v) is 3.99. The molecule has 3 aromatic rings. The maximum atomic E-state index is 10.6. The predicted octanol–water partition coefficient (Wildman–Crippen LogP) is 3.20. The summed E-state index contributed by atoms with van der Waals surface area (Å²) < 4.78 is 33.5. The van der Waals surface area contributed by atoms with E-state index in [0.717, 1.165) is 43.3 Å². The fraction of sp³-hybridized carbons (Fsp3) is 0.400. The van der Waals surface area contributed by atoms with Gasteiger partial charge in [-0.25, -0.2) is 14.8 Å². The van der Waals surface area contributed by atoms with E-state index in [1.807, 2.05) is 44.9 Å². The normalized spacial score (nSPS) is 13.8. The standard InChI is InChI=1S/C18H22N6S.C2HF3O2/c1-22(2)18-15-12-24(11-14-5-4-8-25-14)7-6-16(15)20-17(21-18)13-9-19-23(3)10-13;3-2(4,5)1(6)7/h4-5,8-10H,6-7,11-12H2,1-3H3;(H,6,7). The van der Waals surface area contributed by atoms with Crippen LogP contribution in [0.4, 0.5) is 19.0 Å². The molecule has 3 aromatic heterocycles. The molecule has 0 aromatic carbocycles. The molecule has 4 heterocycles. The Hall–Kier alpha value is -2.99. The quantitative estimate of drug-likeness (QED) is 0.629. The van der Waals surface area contributed by atoms with Crippen molar-refractivity contribution in [3.8, 4) is 11.4 Å². The third kappa shape index (κ3) is 5.82. The van der Waals surface area contributed by atoms with Crippen molar-refractivity contribution in [2.75, 3.05) is 25.5 Å². The van der Waals surface area contributed by atoms with Crippen LogP contribution in [0, 0.1) is 0 Å². The van der Waals surface area contributed by atoms with Crippen LogP contribution < -0.4 is 4.90 Å². The fourth-order valence-electron chi connectivity index (χ4n) is 3.25. The Balaban J connectivity index is 0.000000360. The number of hydrogen-bond donors (Lipinski definition) is 1. The molecule has 0 aliphatic carbocycles. The topological polar surface area (TPSA) is 87.4 Å². The number of carbonyl (C=O) groups is 1. The van der Waals surface area contributed by atoms with Crippen LogP contribution in [0.2, 0.25) is 0 Å². The van der Waals surface area contributed by atoms with E-state index >= 15 is 0 Å². The Morgan fingerprint density at radius 3 is 2.56 bits per heavy atom. The van der Waals surface area contributed by atoms with Crippen LogP contribution in [-0.2, 0) is 31.4 Å². The van der Waals surface area contributed by atoms with Crippen molar-refractivity contribution in [3.05, 3.63) is 46.0 Å². The number of halogens is 3. The summed E-state index contributed by atoms with van der Waals surface area (Å²) >= 11 is 1.82. The van der Waals surface area contributed by atoms with Gasteiger partial charge in [-0.15, -0.1) is 11.3 Å². The van der Waals surface area contributed by atoms with E-state index in [-0.39, 0.29) is 0 Å². The van der Waals surface area contributed by atoms with E-state index in [1.54, 1.807) is 4.68 Å². The Bertz CT molecular complexity index is 1070. The van der Waals surface area contributed by atoms with Crippen molar-refractivity contribution in [1.29, 1.82) is 0 Å². The SMILES string of the molecule is CN(C)c1nc(-c2cnn(C)c2)nc2c1CN(Cc1cccs1)CC2.O=C(O)C(F)(F)F. The zero-order valence-electron chi connectivity index (χ0n) is 17.8. The van der Waals surface area contributed by atoms with Gasteiger partial charge >= 0.3 is 12.1 Å². The highest BCUT2D eigenvalue weighted by atomic mass is 32.1. The van der Waals surface area contributed by atoms with E-state index in [2.05, 4.69) is 32.4 Å². The average Bonchev–Trinajstić information content (AvgIpc) is 3.38. The highest BCUT2D eigenvalue weighted by Gasteiger charge is 2.38. The van der Waals surface area contributed by atoms with E-state index in [0.29, 0.717) is 0 Å². The summed E-state index contributed by atoms with van der Waals surface area (Å²) in [4.78, 5) is 24.6. The number of aryl methyl sites for hydroxylation is 1. The summed E-state index contributed by atoms with van der Waals surface area (Å²) in [6.07, 6.45) is -0.336. The number of carboxylic acids is 1. The van der Waals surface area contributed by atoms with Gasteiger partial charge in [0.15, 0.2) is 5.82 Å². The Morgan fingerprint density at radius 2 is 2.03 bits per heavy atom. The Kier molecular flexibility index (Phi) is 7.14. The lowest BCUT2D eigenvalue weighted by Gasteiger charge is -2.30. The van der Waals surface area contributed by atoms with Crippen LogP contribution in [0.3, 0.4) is 0 Å². The molecule has 0 saturated carbocycles. The summed E-state index contributed by atoms with van der Waals surface area (Å²) in [5.74, 6) is -0.977. The van der Waals surface area contributed by atoms with Crippen LogP contribution in [0.5, 0.6) is 0 Å². The largest absolute Gasteiger partial charge is 0.490 e. The Labute approximate surface area is 186 Å². The average molecular weight is 469 g/mol. The number of aromatic nitrogens is 4. The minimum absolute atomic E-state index is 0.766. The van der Waals surface area contributed by atoms with Crippen molar-refractivity contribution in [2.45, 2.75) is 25.7 Å². The number of nitrogens with zero attached hydrogens (tertiary/aromatic N) is 6. The molecule has 0 bridgehead atoms. The zero-order valence-corrected chi connectivity index (χ0v) is 18.6. The molecule has 1 aliphatic rings. The molecule has 32 heavy (non-hydrogen) atoms. The first-order chi connectivity index (χ1) is 15.0. The zero-order chi connectivity index (χ0) is 23.5. The van der Waals surface area contributed by atoms with Crippen molar-refractivity contribution in [1.82, 2.24) is 24.6 Å². The molecule has 0 spiro atoms. The minimum Gasteiger partial charge on any atom is -0.475 e. The molecule has 1 N–H and O–H groups in total. The number of aliphatic carboxylic acids is 1. The molecule has 0 amide bonds. The highest BCUT2D eigenvalue weighted by Crippen LogP contribution is 2.29. The number of fused-ring (bicyclic) bond motifs is 1. The summed E-state index contributed by atoms with van der Waals surface area (Å²) in [5.41, 5.74) is 3.38. The second kappa shape index (κ2) is 9.65. The third-order valence-electron chi connectivity index (χ3n) is 4.71. The first-order valence-corrected chi connectivity index (χ1v) is 10.5. The predicted molar refractivity (Wildman–Crippen MR) is 114 cm³/mol. The van der Waals surface area contributed by atoms with Gasteiger partial charge < -0.3 is 10.0 Å². The molecular formula is C20H23F3N6O2S. The maximum absolute atomic E-state index is 10.6. The van der Waals surface area contributed by atoms with Gasteiger partial charge in [-0.3, -0.25) is 9.58 Å². The Morgan fingerprint density at radius 1 is 1.31 bits per heavy atom. The molecule has 172 valence electrons. The maximum Gasteiger partial charge on any atom is 0.490 e. The van der Waals surface area contributed by atoms with Gasteiger partial charge in [0, 0.05) is 63.8 Å². The van der Waals surface area contributed by atoms with Gasteiger partial charge in [-0.05, 0) is 11.4 Å². The van der Waals surface area contributed by atoms with Gasteiger partial charge in [0.05, 0.1) is 17.5 Å². The molecule has 0 saturated heterocycles. The van der Waals surface area contributed by atoms with Gasteiger partial charge in [0.25, 0.3) is 0 Å². The van der Waals surface area contributed by atoms with Gasteiger partial charge in [0.1, 0.15) is 5.82 Å². The molecule has 0 radical (unpaired) electrons. The number of alkyl halides is 3. The van der Waals surface area contributed by atoms with Crippen LogP contribution in [0.1, 0.15) is 16.1 Å². The monoisotopic (exact) mass is 468 g/mol. The van der Waals surface area contributed by atoms with Crippen LogP contribution in [-0.4, -0.2) is 62.5 Å². The lowest BCUT2D eigenvalue weighted by Crippen LogP contribution is -2.32. The molecule has 0 fully saturated rings. The van der Waals surface area contributed by atoms with E-state index in [4.69, 9.17) is 19.9 Å². The summed E-state index contributed by atoms with van der Waals surface area (Å²) in [7, 11) is 6.01. The van der Waals surface area contributed by atoms with Gasteiger partial charge in [-0.2, -0.15) is 18.3 Å². The second-order valence-electron chi connectivity index (χ2n) is 7.44. The van der Waals surface area contributed by atoms with Crippen molar-refractivity contribution >= 4 is 23.1 Å². The summed E-state index contributed by atoms with van der Waals surface area (Å²) in [5, 5.41) is 13.5. The molecule has 0 atom stereocenters.